The van der Waals surface area contributed by atoms with Crippen LogP contribution in [-0.2, 0) is 0 Å². The molecule has 3 N–H and O–H groups in total. The van der Waals surface area contributed by atoms with E-state index in [1.807, 2.05) is 42.5 Å². The Kier molecular flexibility index (Phi) is 5.17. The summed E-state index contributed by atoms with van der Waals surface area (Å²) in [6, 6.07) is 17.3. The highest BCUT2D eigenvalue weighted by Gasteiger charge is 2.08. The fourth-order valence-electron chi connectivity index (χ4n) is 1.70. The third-order valence-corrected chi connectivity index (χ3v) is 3.85. The summed E-state index contributed by atoms with van der Waals surface area (Å²) in [5.74, 6) is -0.504. The molecule has 0 fully saturated rings. The first-order valence-corrected chi connectivity index (χ1v) is 7.04. The lowest BCUT2D eigenvalue weighted by molar-refractivity contribution is 0.0706. The predicted molar refractivity (Wildman–Crippen MR) is 79.5 cm³/mol. The van der Waals surface area contributed by atoms with E-state index in [1.54, 1.807) is 29.6 Å². The summed E-state index contributed by atoms with van der Waals surface area (Å²) in [4.78, 5) is 12.4. The molecule has 0 heterocycles. The normalized spacial score (nSPS) is 11.9. The van der Waals surface area contributed by atoms with Gasteiger partial charge in [-0.25, -0.2) is 5.48 Å². The van der Waals surface area contributed by atoms with Gasteiger partial charge in [0, 0.05) is 16.5 Å². The Morgan fingerprint density at radius 1 is 1.10 bits per heavy atom. The summed E-state index contributed by atoms with van der Waals surface area (Å²) in [6.07, 6.45) is 0. The number of amides is 1. The SMILES string of the molecule is CC(NSc1ccccc1)c1ccc(C(=O)NO)cc1. The van der Waals surface area contributed by atoms with Gasteiger partial charge in [0.25, 0.3) is 5.91 Å². The maximum Gasteiger partial charge on any atom is 0.274 e. The van der Waals surface area contributed by atoms with Gasteiger partial charge in [-0.3, -0.25) is 14.7 Å². The van der Waals surface area contributed by atoms with Crippen molar-refractivity contribution in [2.75, 3.05) is 0 Å². The Hall–Kier alpha value is -1.82. The summed E-state index contributed by atoms with van der Waals surface area (Å²) in [5.41, 5.74) is 3.12. The van der Waals surface area contributed by atoms with Crippen molar-refractivity contribution in [1.29, 1.82) is 0 Å². The van der Waals surface area contributed by atoms with Crippen LogP contribution in [0.4, 0.5) is 0 Å². The van der Waals surface area contributed by atoms with E-state index in [2.05, 4.69) is 11.6 Å². The van der Waals surface area contributed by atoms with Crippen LogP contribution in [0.3, 0.4) is 0 Å². The molecule has 1 unspecified atom stereocenters. The smallest absolute Gasteiger partial charge is 0.274 e. The van der Waals surface area contributed by atoms with Crippen molar-refractivity contribution in [3.8, 4) is 0 Å². The number of hydrogen-bond donors (Lipinski definition) is 3. The highest BCUT2D eigenvalue weighted by Crippen LogP contribution is 2.20. The summed E-state index contributed by atoms with van der Waals surface area (Å²) >= 11 is 1.57. The maximum atomic E-state index is 11.2. The molecular weight excluding hydrogens is 272 g/mol. The van der Waals surface area contributed by atoms with Gasteiger partial charge >= 0.3 is 0 Å². The van der Waals surface area contributed by atoms with Crippen LogP contribution >= 0.6 is 11.9 Å². The highest BCUT2D eigenvalue weighted by atomic mass is 32.2. The molecule has 0 aromatic heterocycles. The summed E-state index contributed by atoms with van der Waals surface area (Å²) in [5, 5.41) is 8.56. The molecule has 0 spiro atoms. The number of rotatable bonds is 5. The minimum absolute atomic E-state index is 0.145. The minimum atomic E-state index is -0.504. The molecule has 0 aliphatic carbocycles. The molecule has 5 heteroatoms. The van der Waals surface area contributed by atoms with Gasteiger partial charge in [-0.1, -0.05) is 30.3 Å². The molecule has 0 radical (unpaired) electrons. The maximum absolute atomic E-state index is 11.2. The monoisotopic (exact) mass is 288 g/mol. The third-order valence-electron chi connectivity index (χ3n) is 2.87. The van der Waals surface area contributed by atoms with Gasteiger partial charge in [-0.2, -0.15) is 0 Å². The second kappa shape index (κ2) is 7.09. The van der Waals surface area contributed by atoms with Crippen molar-refractivity contribution >= 4 is 17.9 Å². The van der Waals surface area contributed by atoms with E-state index in [4.69, 9.17) is 5.21 Å². The van der Waals surface area contributed by atoms with Gasteiger partial charge in [-0.05, 0) is 48.7 Å². The van der Waals surface area contributed by atoms with Crippen LogP contribution in [-0.4, -0.2) is 11.1 Å². The van der Waals surface area contributed by atoms with Crippen LogP contribution in [0.2, 0.25) is 0 Å². The molecule has 1 amide bonds. The second-order valence-corrected chi connectivity index (χ2v) is 5.23. The van der Waals surface area contributed by atoms with E-state index in [9.17, 15) is 4.79 Å². The summed E-state index contributed by atoms with van der Waals surface area (Å²) in [7, 11) is 0. The Bertz CT molecular complexity index is 558. The van der Waals surface area contributed by atoms with Crippen LogP contribution in [0.25, 0.3) is 0 Å². The number of hydroxylamine groups is 1. The van der Waals surface area contributed by atoms with Crippen LogP contribution in [0.5, 0.6) is 0 Å². The van der Waals surface area contributed by atoms with Gasteiger partial charge in [0.1, 0.15) is 0 Å². The Morgan fingerprint density at radius 2 is 1.75 bits per heavy atom. The van der Waals surface area contributed by atoms with Crippen LogP contribution in [0.1, 0.15) is 28.9 Å². The molecule has 0 aliphatic heterocycles. The fraction of sp³-hybridized carbons (Fsp3) is 0.133. The van der Waals surface area contributed by atoms with Gasteiger partial charge in [0.15, 0.2) is 0 Å². The molecule has 4 nitrogen and oxygen atoms in total. The lowest BCUT2D eigenvalue weighted by Gasteiger charge is -2.13. The molecular formula is C15H16N2O2S. The van der Waals surface area contributed by atoms with Gasteiger partial charge < -0.3 is 0 Å². The van der Waals surface area contributed by atoms with E-state index in [1.165, 1.54) is 0 Å². The summed E-state index contributed by atoms with van der Waals surface area (Å²) in [6.45, 7) is 2.05. The third kappa shape index (κ3) is 3.84. The molecule has 0 aliphatic rings. The average molecular weight is 288 g/mol. The molecule has 104 valence electrons. The van der Waals surface area contributed by atoms with Crippen LogP contribution < -0.4 is 10.2 Å². The number of hydrogen-bond acceptors (Lipinski definition) is 4. The molecule has 2 rings (SSSR count). The van der Waals surface area contributed by atoms with Crippen LogP contribution in [0.15, 0.2) is 59.5 Å². The molecule has 0 bridgehead atoms. The van der Waals surface area contributed by atoms with Crippen molar-refractivity contribution in [2.24, 2.45) is 0 Å². The van der Waals surface area contributed by atoms with Crippen molar-refractivity contribution in [3.05, 3.63) is 65.7 Å². The molecule has 0 saturated heterocycles. The fourth-order valence-corrected chi connectivity index (χ4v) is 2.44. The van der Waals surface area contributed by atoms with Crippen molar-refractivity contribution in [3.63, 3.8) is 0 Å². The molecule has 0 saturated carbocycles. The zero-order chi connectivity index (χ0) is 14.4. The first-order valence-electron chi connectivity index (χ1n) is 6.22. The predicted octanol–water partition coefficient (Wildman–Crippen LogP) is 3.16. The number of carbonyl (C=O) groups excluding carboxylic acids is 1. The number of benzene rings is 2. The van der Waals surface area contributed by atoms with Crippen molar-refractivity contribution in [2.45, 2.75) is 17.9 Å². The molecule has 1 atom stereocenters. The summed E-state index contributed by atoms with van der Waals surface area (Å²) < 4.78 is 3.34. The second-order valence-electron chi connectivity index (χ2n) is 4.32. The van der Waals surface area contributed by atoms with E-state index >= 15 is 0 Å². The Morgan fingerprint density at radius 3 is 2.35 bits per heavy atom. The van der Waals surface area contributed by atoms with Gasteiger partial charge in [-0.15, -0.1) is 0 Å². The van der Waals surface area contributed by atoms with Gasteiger partial charge in [0.05, 0.1) is 0 Å². The average Bonchev–Trinajstić information content (AvgIpc) is 2.53. The van der Waals surface area contributed by atoms with Gasteiger partial charge in [0.2, 0.25) is 0 Å². The minimum Gasteiger partial charge on any atom is -0.288 e. The lowest BCUT2D eigenvalue weighted by atomic mass is 10.1. The van der Waals surface area contributed by atoms with E-state index in [0.717, 1.165) is 10.5 Å². The zero-order valence-electron chi connectivity index (χ0n) is 11.0. The number of carbonyl (C=O) groups is 1. The highest BCUT2D eigenvalue weighted by molar-refractivity contribution is 7.97. The van der Waals surface area contributed by atoms with Crippen molar-refractivity contribution in [1.82, 2.24) is 10.2 Å². The van der Waals surface area contributed by atoms with E-state index in [0.29, 0.717) is 5.56 Å². The topological polar surface area (TPSA) is 61.4 Å². The van der Waals surface area contributed by atoms with Crippen LogP contribution in [0, 0.1) is 0 Å². The molecule has 2 aromatic carbocycles. The lowest BCUT2D eigenvalue weighted by Crippen LogP contribution is -2.18. The standard InChI is InChI=1S/C15H16N2O2S/c1-11(17-20-14-5-3-2-4-6-14)12-7-9-13(10-8-12)15(18)16-19/h2-11,17,19H,1H3,(H,16,18). The number of nitrogens with one attached hydrogen (secondary N) is 2. The van der Waals surface area contributed by atoms with E-state index < -0.39 is 5.91 Å². The largest absolute Gasteiger partial charge is 0.288 e. The molecule has 20 heavy (non-hydrogen) atoms. The first kappa shape index (κ1) is 14.6. The van der Waals surface area contributed by atoms with Crippen molar-refractivity contribution < 1.29 is 10.0 Å². The zero-order valence-corrected chi connectivity index (χ0v) is 11.9. The Balaban J connectivity index is 1.95. The first-order chi connectivity index (χ1) is 9.70. The quantitative estimate of drug-likeness (QED) is 0.449. The van der Waals surface area contributed by atoms with E-state index in [-0.39, 0.29) is 6.04 Å². The Labute approximate surface area is 122 Å². The molecule has 2 aromatic rings.